The highest BCUT2D eigenvalue weighted by Gasteiger charge is 2.23. The average molecular weight is 316 g/mol. The first-order valence-corrected chi connectivity index (χ1v) is 8.45. The van der Waals surface area contributed by atoms with Crippen LogP contribution in [0.3, 0.4) is 0 Å². The summed E-state index contributed by atoms with van der Waals surface area (Å²) in [6.07, 6.45) is 0. The molecule has 5 heteroatoms. The summed E-state index contributed by atoms with van der Waals surface area (Å²) in [4.78, 5) is 1.86. The fourth-order valence-electron chi connectivity index (χ4n) is 1.48. The normalized spacial score (nSPS) is 14.2. The van der Waals surface area contributed by atoms with E-state index in [1.807, 2.05) is 39.0 Å². The van der Waals surface area contributed by atoms with Gasteiger partial charge in [0.05, 0.1) is 16.5 Å². The van der Waals surface area contributed by atoms with Crippen LogP contribution in [0.25, 0.3) is 0 Å². The molecule has 2 nitrogen and oxygen atoms in total. The summed E-state index contributed by atoms with van der Waals surface area (Å²) in [5.41, 5.74) is 0.705. The smallest absolute Gasteiger partial charge is 0.0792 e. The minimum Gasteiger partial charge on any atom is -0.254 e. The molecule has 0 aliphatic rings. The number of nitrogens with zero attached hydrogens (tertiary/aromatic N) is 1. The Labute approximate surface area is 128 Å². The van der Waals surface area contributed by atoms with E-state index in [1.54, 1.807) is 11.8 Å². The topological polar surface area (TPSA) is 29.4 Å². The lowest BCUT2D eigenvalue weighted by molar-refractivity contribution is 0.648. The lowest BCUT2D eigenvalue weighted by Crippen LogP contribution is -2.21. The maximum atomic E-state index is 12.5. The monoisotopic (exact) mass is 315 g/mol. The van der Waals surface area contributed by atoms with E-state index in [0.717, 1.165) is 9.79 Å². The van der Waals surface area contributed by atoms with Crippen molar-refractivity contribution < 1.29 is 4.21 Å². The van der Waals surface area contributed by atoms with Crippen molar-refractivity contribution in [3.8, 4) is 0 Å². The Balaban J connectivity index is 3.23. The molecule has 0 N–H and O–H groups in total. The SMILES string of the molecule is CC(C)(C)Sc1cc(N=S)cc(S(=O)C(C)(C)C)c1. The molecule has 0 heterocycles. The van der Waals surface area contributed by atoms with Crippen molar-refractivity contribution in [2.24, 2.45) is 4.36 Å². The Morgan fingerprint density at radius 1 is 1.11 bits per heavy atom. The Morgan fingerprint density at radius 2 is 1.68 bits per heavy atom. The quantitative estimate of drug-likeness (QED) is 0.747. The molecule has 19 heavy (non-hydrogen) atoms. The van der Waals surface area contributed by atoms with E-state index < -0.39 is 10.8 Å². The van der Waals surface area contributed by atoms with Gasteiger partial charge in [-0.3, -0.25) is 4.21 Å². The summed E-state index contributed by atoms with van der Waals surface area (Å²) < 4.78 is 16.1. The first kappa shape index (κ1) is 16.8. The van der Waals surface area contributed by atoms with Gasteiger partial charge in [0.1, 0.15) is 0 Å². The second kappa shape index (κ2) is 6.02. The second-order valence-electron chi connectivity index (χ2n) is 6.35. The van der Waals surface area contributed by atoms with E-state index in [-0.39, 0.29) is 9.49 Å². The van der Waals surface area contributed by atoms with Crippen LogP contribution in [0.15, 0.2) is 32.4 Å². The molecule has 0 bridgehead atoms. The van der Waals surface area contributed by atoms with E-state index in [2.05, 4.69) is 25.1 Å². The summed E-state index contributed by atoms with van der Waals surface area (Å²) >= 11 is 6.51. The van der Waals surface area contributed by atoms with Crippen molar-refractivity contribution >= 4 is 40.7 Å². The molecule has 0 fully saturated rings. The maximum absolute atomic E-state index is 12.5. The van der Waals surface area contributed by atoms with Gasteiger partial charge >= 0.3 is 0 Å². The first-order chi connectivity index (χ1) is 8.53. The summed E-state index contributed by atoms with van der Waals surface area (Å²) in [5, 5.41) is 0. The fourth-order valence-corrected chi connectivity index (χ4v) is 3.90. The zero-order valence-corrected chi connectivity index (χ0v) is 14.8. The maximum Gasteiger partial charge on any atom is 0.0792 e. The molecule has 0 saturated carbocycles. The summed E-state index contributed by atoms with van der Waals surface area (Å²) in [6.45, 7) is 12.4. The standard InChI is InChI=1S/C14H21NOS3/c1-13(2,3)18-11-7-10(15-17)8-12(9-11)19(16)14(4,5)6/h7-9H,1-6H3. The molecule has 0 aliphatic carbocycles. The molecule has 0 aromatic heterocycles. The summed E-state index contributed by atoms with van der Waals surface area (Å²) in [6, 6.07) is 5.76. The van der Waals surface area contributed by atoms with Gasteiger partial charge < -0.3 is 0 Å². The third-order valence-corrected chi connectivity index (χ3v) is 5.24. The van der Waals surface area contributed by atoms with Gasteiger partial charge in [0, 0.05) is 31.7 Å². The summed E-state index contributed by atoms with van der Waals surface area (Å²) in [5.74, 6) is 0. The van der Waals surface area contributed by atoms with Crippen molar-refractivity contribution in [1.82, 2.24) is 0 Å². The van der Waals surface area contributed by atoms with E-state index in [9.17, 15) is 4.21 Å². The number of hydrogen-bond donors (Lipinski definition) is 0. The number of thioether (sulfide) groups is 1. The Bertz CT molecular complexity index is 498. The number of rotatable bonds is 3. The van der Waals surface area contributed by atoms with Crippen molar-refractivity contribution in [1.29, 1.82) is 0 Å². The van der Waals surface area contributed by atoms with E-state index in [4.69, 9.17) is 12.4 Å². The molecule has 0 aliphatic heterocycles. The van der Waals surface area contributed by atoms with Gasteiger partial charge in [-0.15, -0.1) is 11.8 Å². The van der Waals surface area contributed by atoms with E-state index in [1.165, 1.54) is 0 Å². The predicted octanol–water partition coefficient (Wildman–Crippen LogP) is 4.85. The fraction of sp³-hybridized carbons (Fsp3) is 0.571. The summed E-state index contributed by atoms with van der Waals surface area (Å²) in [7, 11) is -1.07. The molecule has 0 saturated heterocycles. The zero-order chi connectivity index (χ0) is 14.8. The van der Waals surface area contributed by atoms with Crippen LogP contribution in [0.5, 0.6) is 0 Å². The van der Waals surface area contributed by atoms with Gasteiger partial charge in [-0.05, 0) is 39.0 Å². The van der Waals surface area contributed by atoms with Crippen LogP contribution >= 0.6 is 11.8 Å². The molecule has 1 atom stereocenters. The molecule has 0 spiro atoms. The lowest BCUT2D eigenvalue weighted by atomic mass is 10.3. The van der Waals surface area contributed by atoms with Gasteiger partial charge in [0.2, 0.25) is 0 Å². The highest BCUT2D eigenvalue weighted by atomic mass is 32.2. The van der Waals surface area contributed by atoms with Crippen LogP contribution in [-0.4, -0.2) is 13.7 Å². The molecule has 0 amide bonds. The molecule has 0 radical (unpaired) electrons. The molecule has 1 rings (SSSR count). The number of hydrogen-bond acceptors (Lipinski definition) is 4. The Hall–Kier alpha value is -0.260. The van der Waals surface area contributed by atoms with Crippen LogP contribution in [-0.2, 0) is 23.2 Å². The van der Waals surface area contributed by atoms with Gasteiger partial charge in [-0.1, -0.05) is 20.8 Å². The van der Waals surface area contributed by atoms with Crippen molar-refractivity contribution in [2.45, 2.75) is 60.8 Å². The molecular weight excluding hydrogens is 294 g/mol. The zero-order valence-electron chi connectivity index (χ0n) is 12.3. The van der Waals surface area contributed by atoms with Crippen LogP contribution < -0.4 is 0 Å². The van der Waals surface area contributed by atoms with Crippen LogP contribution in [0.2, 0.25) is 0 Å². The molecule has 1 aromatic rings. The van der Waals surface area contributed by atoms with Crippen LogP contribution in [0.1, 0.15) is 41.5 Å². The van der Waals surface area contributed by atoms with E-state index >= 15 is 0 Å². The van der Waals surface area contributed by atoms with Crippen molar-refractivity contribution in [2.75, 3.05) is 0 Å². The largest absolute Gasteiger partial charge is 0.254 e. The van der Waals surface area contributed by atoms with E-state index in [0.29, 0.717) is 5.69 Å². The lowest BCUT2D eigenvalue weighted by Gasteiger charge is -2.21. The first-order valence-electron chi connectivity index (χ1n) is 6.12. The van der Waals surface area contributed by atoms with Crippen LogP contribution in [0, 0.1) is 0 Å². The second-order valence-corrected chi connectivity index (χ2v) is 10.7. The molecular formula is C14H21NOS3. The van der Waals surface area contributed by atoms with Crippen LogP contribution in [0.4, 0.5) is 5.69 Å². The Morgan fingerprint density at radius 3 is 2.11 bits per heavy atom. The third-order valence-electron chi connectivity index (χ3n) is 2.16. The Kier molecular flexibility index (Phi) is 5.32. The van der Waals surface area contributed by atoms with Gasteiger partial charge in [0.25, 0.3) is 0 Å². The molecule has 106 valence electrons. The van der Waals surface area contributed by atoms with Gasteiger partial charge in [-0.25, -0.2) is 0 Å². The average Bonchev–Trinajstić information content (AvgIpc) is 2.23. The van der Waals surface area contributed by atoms with Crippen molar-refractivity contribution in [3.05, 3.63) is 18.2 Å². The van der Waals surface area contributed by atoms with Gasteiger partial charge in [0.15, 0.2) is 0 Å². The minimum atomic E-state index is -1.07. The highest BCUT2D eigenvalue weighted by molar-refractivity contribution is 8.00. The molecule has 1 aromatic carbocycles. The van der Waals surface area contributed by atoms with Gasteiger partial charge in [-0.2, -0.15) is 4.36 Å². The predicted molar refractivity (Wildman–Crippen MR) is 87.7 cm³/mol. The molecule has 1 unspecified atom stereocenters. The highest BCUT2D eigenvalue weighted by Crippen LogP contribution is 2.36. The third kappa shape index (κ3) is 5.32. The minimum absolute atomic E-state index is 0.0978. The van der Waals surface area contributed by atoms with Crippen molar-refractivity contribution in [3.63, 3.8) is 0 Å². The number of benzene rings is 1.